The maximum absolute atomic E-state index is 11.7. The molecule has 0 aromatic carbocycles. The fourth-order valence-corrected chi connectivity index (χ4v) is 2.69. The van der Waals surface area contributed by atoms with E-state index in [1.165, 1.54) is 12.8 Å². The zero-order valence-corrected chi connectivity index (χ0v) is 9.81. The number of hydrogen-bond acceptors (Lipinski definition) is 1. The summed E-state index contributed by atoms with van der Waals surface area (Å²) in [6, 6.07) is 0. The first-order valence-electron chi connectivity index (χ1n) is 5.94. The minimum absolute atomic E-state index is 0.136. The molecule has 0 spiro atoms. The predicted octanol–water partition coefficient (Wildman–Crippen LogP) is 2.97. The first-order valence-corrected chi connectivity index (χ1v) is 5.94. The highest BCUT2D eigenvalue weighted by molar-refractivity contribution is 5.78. The van der Waals surface area contributed by atoms with Crippen LogP contribution in [0, 0.1) is 0 Å². The molecule has 1 aliphatic rings. The van der Waals surface area contributed by atoms with Crippen LogP contribution in [0.5, 0.6) is 0 Å². The molecule has 0 atom stereocenters. The van der Waals surface area contributed by atoms with E-state index in [0.29, 0.717) is 5.91 Å². The molecule has 14 heavy (non-hydrogen) atoms. The maximum atomic E-state index is 11.7. The summed E-state index contributed by atoms with van der Waals surface area (Å²) >= 11 is 0. The van der Waals surface area contributed by atoms with Gasteiger partial charge in [0.25, 0.3) is 0 Å². The van der Waals surface area contributed by atoms with Crippen molar-refractivity contribution in [2.45, 2.75) is 64.8 Å². The fourth-order valence-electron chi connectivity index (χ4n) is 2.69. The van der Waals surface area contributed by atoms with Gasteiger partial charge in [-0.05, 0) is 26.2 Å². The van der Waals surface area contributed by atoms with Crippen LogP contribution in [-0.2, 0) is 4.79 Å². The molecule has 0 saturated carbocycles. The SMILES string of the molecule is CCCC(C)(CCC)N1CCCC1=O. The zero-order valence-electron chi connectivity index (χ0n) is 9.81. The van der Waals surface area contributed by atoms with E-state index in [2.05, 4.69) is 25.7 Å². The van der Waals surface area contributed by atoms with Crippen LogP contribution in [0.1, 0.15) is 59.3 Å². The fraction of sp³-hybridized carbons (Fsp3) is 0.917. The molecule has 1 saturated heterocycles. The third-order valence-electron chi connectivity index (χ3n) is 3.30. The van der Waals surface area contributed by atoms with Gasteiger partial charge in [-0.1, -0.05) is 26.7 Å². The van der Waals surface area contributed by atoms with Crippen LogP contribution in [0.15, 0.2) is 0 Å². The van der Waals surface area contributed by atoms with Crippen molar-refractivity contribution in [3.8, 4) is 0 Å². The Hall–Kier alpha value is -0.530. The molecule has 0 N–H and O–H groups in total. The average molecular weight is 197 g/mol. The molecule has 2 nitrogen and oxygen atoms in total. The smallest absolute Gasteiger partial charge is 0.223 e. The molecule has 1 heterocycles. The van der Waals surface area contributed by atoms with Crippen molar-refractivity contribution in [1.82, 2.24) is 4.90 Å². The summed E-state index contributed by atoms with van der Waals surface area (Å²) in [4.78, 5) is 13.8. The molecular formula is C12H23NO. The zero-order chi connectivity index (χ0) is 10.6. The van der Waals surface area contributed by atoms with E-state index < -0.39 is 0 Å². The Morgan fingerprint density at radius 3 is 2.21 bits per heavy atom. The summed E-state index contributed by atoms with van der Waals surface area (Å²) in [7, 11) is 0. The molecule has 1 amide bonds. The van der Waals surface area contributed by atoms with E-state index in [9.17, 15) is 4.79 Å². The second-order valence-electron chi connectivity index (χ2n) is 4.65. The van der Waals surface area contributed by atoms with E-state index in [0.717, 1.165) is 32.2 Å². The van der Waals surface area contributed by atoms with Crippen molar-refractivity contribution in [2.24, 2.45) is 0 Å². The van der Waals surface area contributed by atoms with Crippen molar-refractivity contribution in [3.05, 3.63) is 0 Å². The van der Waals surface area contributed by atoms with Crippen molar-refractivity contribution in [2.75, 3.05) is 6.54 Å². The number of nitrogens with zero attached hydrogens (tertiary/aromatic N) is 1. The second kappa shape index (κ2) is 4.81. The van der Waals surface area contributed by atoms with Gasteiger partial charge in [0.15, 0.2) is 0 Å². The van der Waals surface area contributed by atoms with Gasteiger partial charge in [-0.25, -0.2) is 0 Å². The Balaban J connectivity index is 2.69. The number of likely N-dealkylation sites (tertiary alicyclic amines) is 1. The van der Waals surface area contributed by atoms with Crippen LogP contribution >= 0.6 is 0 Å². The van der Waals surface area contributed by atoms with Gasteiger partial charge in [0.1, 0.15) is 0 Å². The Morgan fingerprint density at radius 1 is 1.29 bits per heavy atom. The number of hydrogen-bond donors (Lipinski definition) is 0. The van der Waals surface area contributed by atoms with Crippen LogP contribution in [0.25, 0.3) is 0 Å². The van der Waals surface area contributed by atoms with Crippen LogP contribution in [0.2, 0.25) is 0 Å². The molecule has 0 aromatic rings. The Kier molecular flexibility index (Phi) is 3.97. The van der Waals surface area contributed by atoms with Crippen molar-refractivity contribution in [3.63, 3.8) is 0 Å². The molecule has 0 radical (unpaired) electrons. The molecule has 1 rings (SSSR count). The predicted molar refractivity (Wildman–Crippen MR) is 59.2 cm³/mol. The van der Waals surface area contributed by atoms with Crippen molar-refractivity contribution in [1.29, 1.82) is 0 Å². The highest BCUT2D eigenvalue weighted by atomic mass is 16.2. The molecular weight excluding hydrogens is 174 g/mol. The van der Waals surface area contributed by atoms with Gasteiger partial charge in [-0.3, -0.25) is 4.79 Å². The second-order valence-corrected chi connectivity index (χ2v) is 4.65. The molecule has 0 aromatic heterocycles. The molecule has 1 aliphatic heterocycles. The number of carbonyl (C=O) groups is 1. The highest BCUT2D eigenvalue weighted by Crippen LogP contribution is 2.30. The lowest BCUT2D eigenvalue weighted by Gasteiger charge is -2.39. The van der Waals surface area contributed by atoms with Gasteiger partial charge in [-0.15, -0.1) is 0 Å². The summed E-state index contributed by atoms with van der Waals surface area (Å²) in [5.41, 5.74) is 0.136. The molecule has 2 heteroatoms. The number of rotatable bonds is 5. The quantitative estimate of drug-likeness (QED) is 0.663. The van der Waals surface area contributed by atoms with Gasteiger partial charge in [0.2, 0.25) is 5.91 Å². The number of carbonyl (C=O) groups excluding carboxylic acids is 1. The summed E-state index contributed by atoms with van der Waals surface area (Å²) in [6.45, 7) is 7.64. The lowest BCUT2D eigenvalue weighted by molar-refractivity contribution is -0.133. The third-order valence-corrected chi connectivity index (χ3v) is 3.30. The van der Waals surface area contributed by atoms with E-state index in [-0.39, 0.29) is 5.54 Å². The summed E-state index contributed by atoms with van der Waals surface area (Å²) in [5.74, 6) is 0.370. The Morgan fingerprint density at radius 2 is 1.86 bits per heavy atom. The maximum Gasteiger partial charge on any atom is 0.223 e. The number of amides is 1. The summed E-state index contributed by atoms with van der Waals surface area (Å²) < 4.78 is 0. The average Bonchev–Trinajstić information content (AvgIpc) is 2.52. The van der Waals surface area contributed by atoms with Crippen molar-refractivity contribution >= 4 is 5.91 Å². The van der Waals surface area contributed by atoms with E-state index in [4.69, 9.17) is 0 Å². The molecule has 0 bridgehead atoms. The highest BCUT2D eigenvalue weighted by Gasteiger charge is 2.35. The largest absolute Gasteiger partial charge is 0.337 e. The third kappa shape index (κ3) is 2.28. The van der Waals surface area contributed by atoms with Crippen LogP contribution in [0.3, 0.4) is 0 Å². The Bertz CT molecular complexity index is 194. The van der Waals surface area contributed by atoms with Crippen molar-refractivity contribution < 1.29 is 4.79 Å². The van der Waals surface area contributed by atoms with Gasteiger partial charge in [0, 0.05) is 18.5 Å². The van der Waals surface area contributed by atoms with Gasteiger partial charge in [0.05, 0.1) is 0 Å². The standard InChI is InChI=1S/C12H23NO/c1-4-8-12(3,9-5-2)13-10-6-7-11(13)14/h4-10H2,1-3H3. The van der Waals surface area contributed by atoms with Gasteiger partial charge in [-0.2, -0.15) is 0 Å². The van der Waals surface area contributed by atoms with Gasteiger partial charge >= 0.3 is 0 Å². The first-order chi connectivity index (χ1) is 6.64. The summed E-state index contributed by atoms with van der Waals surface area (Å²) in [5, 5.41) is 0. The van der Waals surface area contributed by atoms with E-state index in [1.807, 2.05) is 0 Å². The lowest BCUT2D eigenvalue weighted by atomic mass is 9.89. The van der Waals surface area contributed by atoms with Crippen LogP contribution in [0.4, 0.5) is 0 Å². The van der Waals surface area contributed by atoms with E-state index >= 15 is 0 Å². The molecule has 0 unspecified atom stereocenters. The first kappa shape index (κ1) is 11.5. The van der Waals surface area contributed by atoms with E-state index in [1.54, 1.807) is 0 Å². The lowest BCUT2D eigenvalue weighted by Crippen LogP contribution is -2.46. The normalized spacial score (nSPS) is 17.9. The molecule has 1 fully saturated rings. The summed E-state index contributed by atoms with van der Waals surface area (Å²) in [6.07, 6.45) is 6.45. The monoisotopic (exact) mass is 197 g/mol. The minimum atomic E-state index is 0.136. The molecule has 0 aliphatic carbocycles. The topological polar surface area (TPSA) is 20.3 Å². The minimum Gasteiger partial charge on any atom is -0.337 e. The van der Waals surface area contributed by atoms with Crippen LogP contribution in [-0.4, -0.2) is 22.9 Å². The molecule has 82 valence electrons. The van der Waals surface area contributed by atoms with Gasteiger partial charge < -0.3 is 4.90 Å². The van der Waals surface area contributed by atoms with Crippen LogP contribution < -0.4 is 0 Å². The Labute approximate surface area is 87.7 Å².